The monoisotopic (exact) mass is 395 g/mol. The molecular weight excluding hydrogens is 374 g/mol. The summed E-state index contributed by atoms with van der Waals surface area (Å²) in [5.74, 6) is 1.69. The highest BCUT2D eigenvalue weighted by Crippen LogP contribution is 2.32. The van der Waals surface area contributed by atoms with E-state index in [0.29, 0.717) is 24.0 Å². The molecule has 4 rings (SSSR count). The lowest BCUT2D eigenvalue weighted by molar-refractivity contribution is 0.181. The number of fused-ring (bicyclic) bond motifs is 1. The molecule has 0 aliphatic rings. The summed E-state index contributed by atoms with van der Waals surface area (Å²) in [6.45, 7) is 6.86. The van der Waals surface area contributed by atoms with Crippen LogP contribution in [0.3, 0.4) is 0 Å². The van der Waals surface area contributed by atoms with Gasteiger partial charge in [-0.3, -0.25) is 0 Å². The molecule has 3 heterocycles. The number of nitrogens with zero attached hydrogens (tertiary/aromatic N) is 5. The fourth-order valence-electron chi connectivity index (χ4n) is 2.69. The van der Waals surface area contributed by atoms with Gasteiger partial charge in [0.1, 0.15) is 17.1 Å². The van der Waals surface area contributed by atoms with Gasteiger partial charge < -0.3 is 9.47 Å². The van der Waals surface area contributed by atoms with E-state index in [9.17, 15) is 0 Å². The van der Waals surface area contributed by atoms with E-state index in [1.54, 1.807) is 29.0 Å². The second-order valence-electron chi connectivity index (χ2n) is 7.41. The van der Waals surface area contributed by atoms with Crippen molar-refractivity contribution >= 4 is 17.1 Å². The van der Waals surface area contributed by atoms with E-state index >= 15 is 0 Å². The zero-order chi connectivity index (χ0) is 19.7. The maximum atomic E-state index is 6.11. The third-order valence-electron chi connectivity index (χ3n) is 4.14. The Hall–Kier alpha value is -2.84. The average molecular weight is 395 g/mol. The van der Waals surface area contributed by atoms with Crippen molar-refractivity contribution in [2.45, 2.75) is 32.8 Å². The lowest BCUT2D eigenvalue weighted by atomic mass is 9.93. The van der Waals surface area contributed by atoms with Crippen LogP contribution in [0.1, 0.15) is 32.2 Å². The molecule has 0 aliphatic heterocycles. The first kappa shape index (κ1) is 18.5. The molecule has 0 bridgehead atoms. The summed E-state index contributed by atoms with van der Waals surface area (Å²) < 4.78 is 12.9. The SMILES string of the molecule is COCc1cc(Oc2cccc(-c3nc(C(C)(C)C)cs3)c2)n2ncnc2n1. The Morgan fingerprint density at radius 3 is 2.75 bits per heavy atom. The molecule has 0 atom stereocenters. The Kier molecular flexibility index (Phi) is 4.82. The predicted molar refractivity (Wildman–Crippen MR) is 108 cm³/mol. The maximum absolute atomic E-state index is 6.11. The van der Waals surface area contributed by atoms with Crippen molar-refractivity contribution in [1.29, 1.82) is 0 Å². The number of rotatable bonds is 5. The van der Waals surface area contributed by atoms with Crippen LogP contribution in [-0.2, 0) is 16.8 Å². The van der Waals surface area contributed by atoms with Crippen molar-refractivity contribution in [3.63, 3.8) is 0 Å². The minimum Gasteiger partial charge on any atom is -0.439 e. The predicted octanol–water partition coefficient (Wildman–Crippen LogP) is 4.48. The first-order valence-corrected chi connectivity index (χ1v) is 9.75. The van der Waals surface area contributed by atoms with Gasteiger partial charge in [0.05, 0.1) is 18.0 Å². The molecule has 0 saturated heterocycles. The lowest BCUT2D eigenvalue weighted by Crippen LogP contribution is -2.11. The standard InChI is InChI=1S/C20H21N5O2S/c1-20(2,3)16-11-28-18(24-16)13-6-5-7-15(8-13)27-17-9-14(10-26-4)23-19-21-12-22-25(17)19/h5-9,11-12H,10H2,1-4H3. The molecule has 7 nitrogen and oxygen atoms in total. The second-order valence-corrected chi connectivity index (χ2v) is 8.27. The van der Waals surface area contributed by atoms with Gasteiger partial charge in [-0.25, -0.2) is 9.97 Å². The number of hydrogen-bond acceptors (Lipinski definition) is 7. The molecule has 0 unspecified atom stereocenters. The van der Waals surface area contributed by atoms with Gasteiger partial charge in [-0.05, 0) is 12.1 Å². The second kappa shape index (κ2) is 7.29. The zero-order valence-electron chi connectivity index (χ0n) is 16.2. The van der Waals surface area contributed by atoms with Gasteiger partial charge in [-0.15, -0.1) is 11.3 Å². The van der Waals surface area contributed by atoms with Gasteiger partial charge in [0, 0.05) is 29.5 Å². The van der Waals surface area contributed by atoms with Crippen LogP contribution in [-0.4, -0.2) is 31.7 Å². The highest BCUT2D eigenvalue weighted by Gasteiger charge is 2.18. The van der Waals surface area contributed by atoms with E-state index in [-0.39, 0.29) is 5.41 Å². The minimum absolute atomic E-state index is 0.0242. The van der Waals surface area contributed by atoms with Gasteiger partial charge >= 0.3 is 0 Å². The van der Waals surface area contributed by atoms with E-state index in [0.717, 1.165) is 22.0 Å². The quantitative estimate of drug-likeness (QED) is 0.496. The summed E-state index contributed by atoms with van der Waals surface area (Å²) in [4.78, 5) is 13.3. The molecule has 28 heavy (non-hydrogen) atoms. The Bertz CT molecular complexity index is 1110. The third kappa shape index (κ3) is 3.74. The summed E-state index contributed by atoms with van der Waals surface area (Å²) >= 11 is 1.64. The topological polar surface area (TPSA) is 74.4 Å². The first-order valence-electron chi connectivity index (χ1n) is 8.87. The van der Waals surface area contributed by atoms with Crippen LogP contribution in [0.5, 0.6) is 11.6 Å². The highest BCUT2D eigenvalue weighted by molar-refractivity contribution is 7.13. The smallest absolute Gasteiger partial charge is 0.255 e. The molecular formula is C20H21N5O2S. The van der Waals surface area contributed by atoms with Crippen LogP contribution in [0.2, 0.25) is 0 Å². The molecule has 0 amide bonds. The van der Waals surface area contributed by atoms with Crippen molar-refractivity contribution in [2.75, 3.05) is 7.11 Å². The first-order chi connectivity index (χ1) is 13.4. The fourth-order valence-corrected chi connectivity index (χ4v) is 3.73. The van der Waals surface area contributed by atoms with Crippen LogP contribution >= 0.6 is 11.3 Å². The number of aromatic nitrogens is 5. The Labute approximate surface area is 167 Å². The Morgan fingerprint density at radius 2 is 2.00 bits per heavy atom. The Balaban J connectivity index is 1.67. The van der Waals surface area contributed by atoms with Crippen molar-refractivity contribution in [3.8, 4) is 22.2 Å². The highest BCUT2D eigenvalue weighted by atomic mass is 32.1. The molecule has 4 aromatic rings. The summed E-state index contributed by atoms with van der Waals surface area (Å²) in [6, 6.07) is 9.68. The number of ether oxygens (including phenoxy) is 2. The summed E-state index contributed by atoms with van der Waals surface area (Å²) in [6.07, 6.45) is 1.45. The molecule has 0 N–H and O–H groups in total. The van der Waals surface area contributed by atoms with E-state index < -0.39 is 0 Å². The van der Waals surface area contributed by atoms with Crippen molar-refractivity contribution in [2.24, 2.45) is 0 Å². The molecule has 0 spiro atoms. The zero-order valence-corrected chi connectivity index (χ0v) is 17.0. The third-order valence-corrected chi connectivity index (χ3v) is 5.03. The molecule has 0 fully saturated rings. The van der Waals surface area contributed by atoms with E-state index in [2.05, 4.69) is 41.2 Å². The van der Waals surface area contributed by atoms with Gasteiger partial charge in [0.2, 0.25) is 5.88 Å². The molecule has 1 aromatic carbocycles. The molecule has 8 heteroatoms. The summed E-state index contributed by atoms with van der Waals surface area (Å²) in [5, 5.41) is 7.28. The van der Waals surface area contributed by atoms with E-state index in [1.165, 1.54) is 6.33 Å². The van der Waals surface area contributed by atoms with Gasteiger partial charge in [-0.1, -0.05) is 32.9 Å². The largest absolute Gasteiger partial charge is 0.439 e. The van der Waals surface area contributed by atoms with Gasteiger partial charge in [0.15, 0.2) is 0 Å². The molecule has 0 saturated carbocycles. The van der Waals surface area contributed by atoms with Crippen molar-refractivity contribution in [1.82, 2.24) is 24.6 Å². The van der Waals surface area contributed by atoms with Gasteiger partial charge in [0.25, 0.3) is 5.78 Å². The molecule has 144 valence electrons. The van der Waals surface area contributed by atoms with Crippen molar-refractivity contribution in [3.05, 3.63) is 53.4 Å². The normalized spacial score (nSPS) is 11.9. The Morgan fingerprint density at radius 1 is 1.14 bits per heavy atom. The van der Waals surface area contributed by atoms with Crippen molar-refractivity contribution < 1.29 is 9.47 Å². The average Bonchev–Trinajstić information content (AvgIpc) is 3.31. The van der Waals surface area contributed by atoms with E-state index in [1.807, 2.05) is 24.3 Å². The number of methoxy groups -OCH3 is 1. The maximum Gasteiger partial charge on any atom is 0.255 e. The minimum atomic E-state index is 0.0242. The number of benzene rings is 1. The van der Waals surface area contributed by atoms with Crippen LogP contribution < -0.4 is 4.74 Å². The molecule has 0 radical (unpaired) electrons. The van der Waals surface area contributed by atoms with Crippen LogP contribution in [0.15, 0.2) is 42.0 Å². The van der Waals surface area contributed by atoms with Crippen LogP contribution in [0, 0.1) is 0 Å². The number of thiazole rings is 1. The fraction of sp³-hybridized carbons (Fsp3) is 0.300. The summed E-state index contributed by atoms with van der Waals surface area (Å²) in [5.41, 5.74) is 2.85. The summed E-state index contributed by atoms with van der Waals surface area (Å²) in [7, 11) is 1.62. The van der Waals surface area contributed by atoms with Crippen LogP contribution in [0.25, 0.3) is 16.3 Å². The van der Waals surface area contributed by atoms with Gasteiger partial charge in [-0.2, -0.15) is 14.6 Å². The van der Waals surface area contributed by atoms with E-state index in [4.69, 9.17) is 14.5 Å². The lowest BCUT2D eigenvalue weighted by Gasteiger charge is -2.14. The molecule has 3 aromatic heterocycles. The number of hydrogen-bond donors (Lipinski definition) is 0. The molecule has 0 aliphatic carbocycles. The van der Waals surface area contributed by atoms with Crippen LogP contribution in [0.4, 0.5) is 0 Å².